The largest absolute Gasteiger partial charge is 0.439 e. The summed E-state index contributed by atoms with van der Waals surface area (Å²) in [5.74, 6) is 1.27. The number of rotatable bonds is 2. The van der Waals surface area contributed by atoms with E-state index in [0.717, 1.165) is 34.4 Å². The molecule has 0 saturated carbocycles. The number of hydrogen-bond donors (Lipinski definition) is 1. The number of fused-ring (bicyclic) bond motifs is 1. The Morgan fingerprint density at radius 2 is 2.28 bits per heavy atom. The molecule has 3 nitrogen and oxygen atoms in total. The molecule has 1 aliphatic rings. The van der Waals surface area contributed by atoms with Crippen LogP contribution in [0.25, 0.3) is 11.1 Å². The van der Waals surface area contributed by atoms with Crippen LogP contribution in [0.2, 0.25) is 0 Å². The molecular weight excluding hydrogens is 292 g/mol. The van der Waals surface area contributed by atoms with Crippen LogP contribution < -0.4 is 5.32 Å². The fourth-order valence-corrected chi connectivity index (χ4v) is 2.98. The van der Waals surface area contributed by atoms with Crippen molar-refractivity contribution in [1.29, 1.82) is 0 Å². The summed E-state index contributed by atoms with van der Waals surface area (Å²) in [6, 6.07) is 4.45. The van der Waals surface area contributed by atoms with Crippen LogP contribution in [0.1, 0.15) is 50.1 Å². The highest BCUT2D eigenvalue weighted by Gasteiger charge is 2.23. The van der Waals surface area contributed by atoms with E-state index in [0.29, 0.717) is 5.92 Å². The lowest BCUT2D eigenvalue weighted by molar-refractivity contribution is 0.449. The summed E-state index contributed by atoms with van der Waals surface area (Å²) in [5.41, 5.74) is 3.12. The number of oxazole rings is 1. The van der Waals surface area contributed by atoms with Gasteiger partial charge in [0.15, 0.2) is 5.58 Å². The van der Waals surface area contributed by atoms with Gasteiger partial charge in [-0.1, -0.05) is 29.8 Å². The first-order valence-electron chi connectivity index (χ1n) is 6.48. The van der Waals surface area contributed by atoms with Crippen LogP contribution in [-0.2, 0) is 0 Å². The van der Waals surface area contributed by atoms with E-state index >= 15 is 0 Å². The van der Waals surface area contributed by atoms with Gasteiger partial charge in [0.1, 0.15) is 5.52 Å². The summed E-state index contributed by atoms with van der Waals surface area (Å²) in [7, 11) is 0. The molecule has 2 aromatic rings. The molecule has 18 heavy (non-hydrogen) atoms. The topological polar surface area (TPSA) is 38.1 Å². The molecule has 0 amide bonds. The zero-order chi connectivity index (χ0) is 12.7. The van der Waals surface area contributed by atoms with Gasteiger partial charge < -0.3 is 9.73 Å². The lowest BCUT2D eigenvalue weighted by Gasteiger charge is -2.06. The van der Waals surface area contributed by atoms with E-state index in [4.69, 9.17) is 4.42 Å². The van der Waals surface area contributed by atoms with Crippen LogP contribution in [0, 0.1) is 0 Å². The summed E-state index contributed by atoms with van der Waals surface area (Å²) in [5, 5.41) is 3.43. The van der Waals surface area contributed by atoms with Gasteiger partial charge in [0, 0.05) is 10.0 Å². The molecule has 4 heteroatoms. The molecule has 0 aliphatic carbocycles. The fraction of sp³-hybridized carbons (Fsp3) is 0.500. The Bertz CT molecular complexity index is 570. The third-order valence-electron chi connectivity index (χ3n) is 3.48. The smallest absolute Gasteiger partial charge is 0.212 e. The molecule has 0 bridgehead atoms. The van der Waals surface area contributed by atoms with Crippen molar-refractivity contribution in [3.63, 3.8) is 0 Å². The molecule has 1 aromatic carbocycles. The molecule has 3 rings (SSSR count). The zero-order valence-electron chi connectivity index (χ0n) is 10.7. The Morgan fingerprint density at radius 1 is 1.44 bits per heavy atom. The van der Waals surface area contributed by atoms with Crippen molar-refractivity contribution in [2.45, 2.75) is 38.6 Å². The number of benzene rings is 1. The predicted octanol–water partition coefficient (Wildman–Crippen LogP) is 4.14. The van der Waals surface area contributed by atoms with Crippen LogP contribution in [0.5, 0.6) is 0 Å². The average Bonchev–Trinajstić information content (AvgIpc) is 2.95. The first kappa shape index (κ1) is 12.2. The lowest BCUT2D eigenvalue weighted by atomic mass is 10.0. The van der Waals surface area contributed by atoms with Crippen LogP contribution in [-0.4, -0.2) is 11.5 Å². The monoisotopic (exact) mass is 308 g/mol. The number of aromatic nitrogens is 1. The van der Waals surface area contributed by atoms with Crippen molar-refractivity contribution in [1.82, 2.24) is 10.3 Å². The number of nitrogens with zero attached hydrogens (tertiary/aromatic N) is 1. The normalized spacial score (nSPS) is 20.1. The maximum atomic E-state index is 6.00. The van der Waals surface area contributed by atoms with Gasteiger partial charge in [-0.05, 0) is 37.4 Å². The van der Waals surface area contributed by atoms with Gasteiger partial charge in [0.25, 0.3) is 0 Å². The van der Waals surface area contributed by atoms with E-state index in [1.54, 1.807) is 0 Å². The molecule has 1 aromatic heterocycles. The van der Waals surface area contributed by atoms with Gasteiger partial charge in [-0.3, -0.25) is 0 Å². The highest BCUT2D eigenvalue weighted by Crippen LogP contribution is 2.33. The van der Waals surface area contributed by atoms with Gasteiger partial charge in [0.2, 0.25) is 5.89 Å². The maximum absolute atomic E-state index is 6.00. The Hall–Kier alpha value is -0.870. The van der Waals surface area contributed by atoms with Crippen molar-refractivity contribution in [3.8, 4) is 0 Å². The molecule has 1 saturated heterocycles. The number of hydrogen-bond acceptors (Lipinski definition) is 3. The van der Waals surface area contributed by atoms with E-state index in [1.807, 2.05) is 6.07 Å². The Morgan fingerprint density at radius 3 is 2.94 bits per heavy atom. The number of halogens is 1. The minimum Gasteiger partial charge on any atom is -0.439 e. The fourth-order valence-electron chi connectivity index (χ4n) is 2.51. The second-order valence-corrected chi connectivity index (χ2v) is 6.11. The quantitative estimate of drug-likeness (QED) is 0.906. The Labute approximate surface area is 115 Å². The zero-order valence-corrected chi connectivity index (χ0v) is 12.3. The summed E-state index contributed by atoms with van der Waals surface area (Å²) in [4.78, 5) is 4.64. The summed E-state index contributed by atoms with van der Waals surface area (Å²) >= 11 is 3.55. The highest BCUT2D eigenvalue weighted by molar-refractivity contribution is 9.10. The van der Waals surface area contributed by atoms with Gasteiger partial charge >= 0.3 is 0 Å². The molecule has 0 spiro atoms. The Kier molecular flexibility index (Phi) is 3.16. The molecule has 2 heterocycles. The third kappa shape index (κ3) is 2.08. The Balaban J connectivity index is 2.12. The van der Waals surface area contributed by atoms with E-state index < -0.39 is 0 Å². The second-order valence-electron chi connectivity index (χ2n) is 5.20. The van der Waals surface area contributed by atoms with Crippen molar-refractivity contribution < 1.29 is 4.42 Å². The van der Waals surface area contributed by atoms with Crippen molar-refractivity contribution in [3.05, 3.63) is 28.1 Å². The lowest BCUT2D eigenvalue weighted by Crippen LogP contribution is -2.12. The van der Waals surface area contributed by atoms with Crippen LogP contribution >= 0.6 is 15.9 Å². The standard InChI is InChI=1S/C14H17BrN2O/c1-8(2)10-6-9(15)7-12-13(10)18-14(17-12)11-4-3-5-16-11/h6-8,11,16H,3-5H2,1-2H3. The highest BCUT2D eigenvalue weighted by atomic mass is 79.9. The van der Waals surface area contributed by atoms with Gasteiger partial charge in [-0.2, -0.15) is 0 Å². The molecule has 1 fully saturated rings. The first-order chi connectivity index (χ1) is 8.65. The molecule has 96 valence electrons. The van der Waals surface area contributed by atoms with Gasteiger partial charge in [-0.25, -0.2) is 4.98 Å². The molecule has 1 unspecified atom stereocenters. The second kappa shape index (κ2) is 4.67. The molecule has 1 aliphatic heterocycles. The van der Waals surface area contributed by atoms with E-state index in [2.05, 4.69) is 46.1 Å². The maximum Gasteiger partial charge on any atom is 0.212 e. The van der Waals surface area contributed by atoms with Crippen LogP contribution in [0.15, 0.2) is 21.0 Å². The SMILES string of the molecule is CC(C)c1cc(Br)cc2nc(C3CCCN3)oc12. The third-order valence-corrected chi connectivity index (χ3v) is 3.94. The molecule has 1 atom stereocenters. The van der Waals surface area contributed by atoms with Gasteiger partial charge in [0.05, 0.1) is 6.04 Å². The van der Waals surface area contributed by atoms with Crippen molar-refractivity contribution in [2.75, 3.05) is 6.54 Å². The van der Waals surface area contributed by atoms with E-state index in [9.17, 15) is 0 Å². The van der Waals surface area contributed by atoms with Crippen LogP contribution in [0.3, 0.4) is 0 Å². The average molecular weight is 309 g/mol. The summed E-state index contributed by atoms with van der Waals surface area (Å²) < 4.78 is 7.07. The first-order valence-corrected chi connectivity index (χ1v) is 7.27. The van der Waals surface area contributed by atoms with Crippen LogP contribution in [0.4, 0.5) is 0 Å². The van der Waals surface area contributed by atoms with Gasteiger partial charge in [-0.15, -0.1) is 0 Å². The summed E-state index contributed by atoms with van der Waals surface area (Å²) in [6.07, 6.45) is 2.31. The van der Waals surface area contributed by atoms with Crippen molar-refractivity contribution >= 4 is 27.0 Å². The van der Waals surface area contributed by atoms with E-state index in [-0.39, 0.29) is 6.04 Å². The molecule has 0 radical (unpaired) electrons. The van der Waals surface area contributed by atoms with E-state index in [1.165, 1.54) is 12.0 Å². The molecular formula is C14H17BrN2O. The number of nitrogens with one attached hydrogen (secondary N) is 1. The minimum atomic E-state index is 0.288. The predicted molar refractivity (Wildman–Crippen MR) is 75.8 cm³/mol. The minimum absolute atomic E-state index is 0.288. The summed E-state index contributed by atoms with van der Waals surface area (Å²) in [6.45, 7) is 5.42. The molecule has 1 N–H and O–H groups in total. The van der Waals surface area contributed by atoms with Crippen molar-refractivity contribution in [2.24, 2.45) is 0 Å².